The molecule has 0 saturated carbocycles. The molecule has 0 aliphatic heterocycles. The number of aromatic nitrogens is 4. The third-order valence-corrected chi connectivity index (χ3v) is 6.33. The van der Waals surface area contributed by atoms with Crippen LogP contribution in [0.5, 0.6) is 0 Å². The first kappa shape index (κ1) is 22.1. The van der Waals surface area contributed by atoms with Crippen LogP contribution >= 0.6 is 11.8 Å². The fourth-order valence-corrected chi connectivity index (χ4v) is 4.55. The summed E-state index contributed by atoms with van der Waals surface area (Å²) in [5.41, 5.74) is 1.57. The minimum atomic E-state index is -0.0602. The standard InChI is InChI=1S/C24H27N5O2S/c1-4-27(18-10-6-5-7-11-18)21(30)16-32-24-26-25-23-28(15-14-17(2)3)22(31)19-12-8-9-13-20(19)29(23)24/h5-13,17H,4,14-16H2,1-3H3. The van der Waals surface area contributed by atoms with Gasteiger partial charge in [-0.05, 0) is 43.5 Å². The highest BCUT2D eigenvalue weighted by Crippen LogP contribution is 2.23. The molecule has 0 aliphatic carbocycles. The third-order valence-electron chi connectivity index (χ3n) is 5.42. The van der Waals surface area contributed by atoms with Crippen molar-refractivity contribution in [2.45, 2.75) is 38.9 Å². The molecule has 0 aliphatic rings. The normalized spacial score (nSPS) is 11.5. The molecule has 2 aromatic carbocycles. The van der Waals surface area contributed by atoms with Gasteiger partial charge in [-0.2, -0.15) is 0 Å². The first-order chi connectivity index (χ1) is 15.5. The van der Waals surface area contributed by atoms with Gasteiger partial charge in [-0.25, -0.2) is 0 Å². The molecule has 0 atom stereocenters. The summed E-state index contributed by atoms with van der Waals surface area (Å²) in [4.78, 5) is 27.8. The number of hydrogen-bond donors (Lipinski definition) is 0. The number of fused-ring (bicyclic) bond motifs is 3. The average Bonchev–Trinajstić information content (AvgIpc) is 3.22. The van der Waals surface area contributed by atoms with Crippen LogP contribution in [0.3, 0.4) is 0 Å². The van der Waals surface area contributed by atoms with Gasteiger partial charge >= 0.3 is 0 Å². The van der Waals surface area contributed by atoms with Crippen LogP contribution in [0.15, 0.2) is 64.5 Å². The smallest absolute Gasteiger partial charge is 0.262 e. The first-order valence-electron chi connectivity index (χ1n) is 10.9. The quantitative estimate of drug-likeness (QED) is 0.376. The molecule has 0 N–H and O–H groups in total. The number of amides is 1. The second kappa shape index (κ2) is 9.56. The number of rotatable bonds is 8. The van der Waals surface area contributed by atoms with E-state index in [1.165, 1.54) is 11.8 Å². The molecule has 0 saturated heterocycles. The van der Waals surface area contributed by atoms with Gasteiger partial charge < -0.3 is 4.90 Å². The van der Waals surface area contributed by atoms with E-state index >= 15 is 0 Å². The van der Waals surface area contributed by atoms with Crippen molar-refractivity contribution in [2.24, 2.45) is 5.92 Å². The lowest BCUT2D eigenvalue weighted by molar-refractivity contribution is -0.116. The Morgan fingerprint density at radius 2 is 1.78 bits per heavy atom. The van der Waals surface area contributed by atoms with E-state index in [0.29, 0.717) is 35.3 Å². The summed E-state index contributed by atoms with van der Waals surface area (Å²) in [6.07, 6.45) is 0.865. The largest absolute Gasteiger partial charge is 0.312 e. The van der Waals surface area contributed by atoms with E-state index in [9.17, 15) is 9.59 Å². The lowest BCUT2D eigenvalue weighted by atomic mass is 10.1. The topological polar surface area (TPSA) is 72.5 Å². The molecule has 2 heterocycles. The van der Waals surface area contributed by atoms with Gasteiger partial charge in [0.1, 0.15) is 0 Å². The molecule has 1 amide bonds. The van der Waals surface area contributed by atoms with Crippen molar-refractivity contribution in [2.75, 3.05) is 17.2 Å². The van der Waals surface area contributed by atoms with Crippen LogP contribution in [-0.4, -0.2) is 37.4 Å². The van der Waals surface area contributed by atoms with Gasteiger partial charge in [0.25, 0.3) is 5.56 Å². The zero-order chi connectivity index (χ0) is 22.7. The molecule has 0 unspecified atom stereocenters. The Bertz CT molecular complexity index is 1300. The van der Waals surface area contributed by atoms with Gasteiger partial charge in [0, 0.05) is 18.8 Å². The van der Waals surface area contributed by atoms with Crippen LogP contribution in [0.4, 0.5) is 5.69 Å². The maximum Gasteiger partial charge on any atom is 0.262 e. The lowest BCUT2D eigenvalue weighted by Crippen LogP contribution is -2.32. The summed E-state index contributed by atoms with van der Waals surface area (Å²) in [5, 5.41) is 9.91. The van der Waals surface area contributed by atoms with Crippen molar-refractivity contribution in [3.8, 4) is 0 Å². The molecule has 0 bridgehead atoms. The molecule has 0 radical (unpaired) electrons. The number of thioether (sulfide) groups is 1. The maximum atomic E-state index is 13.1. The van der Waals surface area contributed by atoms with Crippen molar-refractivity contribution in [1.82, 2.24) is 19.2 Å². The molecular weight excluding hydrogens is 422 g/mol. The van der Waals surface area contributed by atoms with E-state index in [2.05, 4.69) is 24.0 Å². The Kier molecular flexibility index (Phi) is 6.60. The van der Waals surface area contributed by atoms with Gasteiger partial charge in [-0.1, -0.05) is 55.9 Å². The van der Waals surface area contributed by atoms with Crippen LogP contribution in [0, 0.1) is 5.92 Å². The molecule has 8 heteroatoms. The second-order valence-corrected chi connectivity index (χ2v) is 8.98. The van der Waals surface area contributed by atoms with Crippen LogP contribution in [0.25, 0.3) is 16.7 Å². The van der Waals surface area contributed by atoms with Gasteiger partial charge in [0.15, 0.2) is 5.16 Å². The van der Waals surface area contributed by atoms with Crippen molar-refractivity contribution in [1.29, 1.82) is 0 Å². The van der Waals surface area contributed by atoms with E-state index in [1.54, 1.807) is 9.47 Å². The van der Waals surface area contributed by atoms with E-state index in [0.717, 1.165) is 17.6 Å². The van der Waals surface area contributed by atoms with Crippen LogP contribution in [0.1, 0.15) is 27.2 Å². The summed E-state index contributed by atoms with van der Waals surface area (Å²) < 4.78 is 3.59. The molecule has 32 heavy (non-hydrogen) atoms. The molecule has 4 aromatic rings. The van der Waals surface area contributed by atoms with E-state index in [1.807, 2.05) is 65.9 Å². The van der Waals surface area contributed by atoms with Crippen molar-refractivity contribution < 1.29 is 4.79 Å². The Morgan fingerprint density at radius 1 is 1.06 bits per heavy atom. The number of benzene rings is 2. The lowest BCUT2D eigenvalue weighted by Gasteiger charge is -2.20. The van der Waals surface area contributed by atoms with Crippen molar-refractivity contribution in [3.63, 3.8) is 0 Å². The molecule has 0 fully saturated rings. The Morgan fingerprint density at radius 3 is 2.50 bits per heavy atom. The third kappa shape index (κ3) is 4.27. The summed E-state index contributed by atoms with van der Waals surface area (Å²) in [6, 6.07) is 17.1. The number of aryl methyl sites for hydroxylation is 1. The van der Waals surface area contributed by atoms with Crippen molar-refractivity contribution in [3.05, 3.63) is 65.0 Å². The highest BCUT2D eigenvalue weighted by molar-refractivity contribution is 7.99. The number of para-hydroxylation sites is 2. The maximum absolute atomic E-state index is 13.1. The minimum Gasteiger partial charge on any atom is -0.312 e. The zero-order valence-corrected chi connectivity index (χ0v) is 19.4. The fourth-order valence-electron chi connectivity index (χ4n) is 3.73. The molecule has 166 valence electrons. The summed E-state index contributed by atoms with van der Waals surface area (Å²) in [7, 11) is 0. The molecule has 7 nitrogen and oxygen atoms in total. The van der Waals surface area contributed by atoms with Gasteiger partial charge in [-0.15, -0.1) is 10.2 Å². The monoisotopic (exact) mass is 449 g/mol. The van der Waals surface area contributed by atoms with Crippen LogP contribution in [-0.2, 0) is 11.3 Å². The number of carbonyl (C=O) groups excluding carboxylic acids is 1. The SMILES string of the molecule is CCN(C(=O)CSc1nnc2n(CCC(C)C)c(=O)c3ccccc3n12)c1ccccc1. The molecular formula is C24H27N5O2S. The van der Waals surface area contributed by atoms with Crippen LogP contribution in [0.2, 0.25) is 0 Å². The highest BCUT2D eigenvalue weighted by atomic mass is 32.2. The zero-order valence-electron chi connectivity index (χ0n) is 18.6. The van der Waals surface area contributed by atoms with E-state index < -0.39 is 0 Å². The van der Waals surface area contributed by atoms with Crippen molar-refractivity contribution >= 4 is 40.0 Å². The Balaban J connectivity index is 1.69. The van der Waals surface area contributed by atoms with Gasteiger partial charge in [0.2, 0.25) is 11.7 Å². The Hall–Kier alpha value is -3.13. The summed E-state index contributed by atoms with van der Waals surface area (Å²) >= 11 is 1.34. The summed E-state index contributed by atoms with van der Waals surface area (Å²) in [6.45, 7) is 7.38. The minimum absolute atomic E-state index is 0.00196. The predicted molar refractivity (Wildman–Crippen MR) is 129 cm³/mol. The predicted octanol–water partition coefficient (Wildman–Crippen LogP) is 4.24. The number of anilines is 1. The number of carbonyl (C=O) groups is 1. The second-order valence-electron chi connectivity index (χ2n) is 8.04. The highest BCUT2D eigenvalue weighted by Gasteiger charge is 2.19. The fraction of sp³-hybridized carbons (Fsp3) is 0.333. The number of hydrogen-bond acceptors (Lipinski definition) is 5. The molecule has 0 spiro atoms. The van der Waals surface area contributed by atoms with E-state index in [-0.39, 0.29) is 17.2 Å². The van der Waals surface area contributed by atoms with Gasteiger partial charge in [0.05, 0.1) is 16.7 Å². The average molecular weight is 450 g/mol. The van der Waals surface area contributed by atoms with E-state index in [4.69, 9.17) is 0 Å². The number of nitrogens with zero attached hydrogens (tertiary/aromatic N) is 5. The first-order valence-corrected chi connectivity index (χ1v) is 11.8. The molecule has 4 rings (SSSR count). The van der Waals surface area contributed by atoms with Crippen LogP contribution < -0.4 is 10.5 Å². The van der Waals surface area contributed by atoms with Gasteiger partial charge in [-0.3, -0.25) is 18.6 Å². The Labute approximate surface area is 191 Å². The summed E-state index contributed by atoms with van der Waals surface area (Å²) in [5.74, 6) is 1.20. The molecule has 2 aromatic heterocycles.